The van der Waals surface area contributed by atoms with Crippen LogP contribution in [0, 0.1) is 0 Å². The summed E-state index contributed by atoms with van der Waals surface area (Å²) < 4.78 is 5.47. The molecule has 3 aliphatic heterocycles. The number of benzene rings is 1. The maximum absolute atomic E-state index is 13.0. The summed E-state index contributed by atoms with van der Waals surface area (Å²) >= 11 is 0. The van der Waals surface area contributed by atoms with Crippen LogP contribution < -0.4 is 10.2 Å². The molecule has 3 fully saturated rings. The van der Waals surface area contributed by atoms with Crippen molar-refractivity contribution < 1.29 is 23.9 Å². The second kappa shape index (κ2) is 9.03. The van der Waals surface area contributed by atoms with Crippen molar-refractivity contribution in [1.82, 2.24) is 15.1 Å². The topological polar surface area (TPSA) is 99.3 Å². The average molecular weight is 457 g/mol. The van der Waals surface area contributed by atoms with Gasteiger partial charge in [0.05, 0.1) is 0 Å². The highest BCUT2D eigenvalue weighted by atomic mass is 16.6. The van der Waals surface area contributed by atoms with Crippen LogP contribution in [0.4, 0.5) is 15.3 Å². The first-order valence-corrected chi connectivity index (χ1v) is 11.6. The number of carbonyl (C=O) groups is 4. The van der Waals surface area contributed by atoms with Crippen LogP contribution in [0.25, 0.3) is 0 Å². The molecule has 0 aliphatic carbocycles. The molecule has 4 rings (SSSR count). The van der Waals surface area contributed by atoms with Crippen molar-refractivity contribution >= 4 is 29.6 Å². The Bertz CT molecular complexity index is 931. The average Bonchev–Trinajstić information content (AvgIpc) is 3.14. The Balaban J connectivity index is 1.34. The van der Waals surface area contributed by atoms with Gasteiger partial charge in [0.25, 0.3) is 0 Å². The maximum Gasteiger partial charge on any atom is 0.410 e. The fourth-order valence-corrected chi connectivity index (χ4v) is 4.71. The van der Waals surface area contributed by atoms with Crippen LogP contribution in [-0.4, -0.2) is 71.6 Å². The first kappa shape index (κ1) is 23.1. The predicted octanol–water partition coefficient (Wildman–Crippen LogP) is 2.85. The molecule has 33 heavy (non-hydrogen) atoms. The number of rotatable bonds is 3. The number of piperidine rings is 2. The van der Waals surface area contributed by atoms with Gasteiger partial charge in [-0.3, -0.25) is 19.8 Å². The van der Waals surface area contributed by atoms with E-state index in [1.54, 1.807) is 14.7 Å². The van der Waals surface area contributed by atoms with Crippen LogP contribution in [0.15, 0.2) is 24.3 Å². The Labute approximate surface area is 194 Å². The minimum Gasteiger partial charge on any atom is -0.444 e. The Morgan fingerprint density at radius 3 is 2.24 bits per heavy atom. The zero-order valence-electron chi connectivity index (χ0n) is 19.5. The molecule has 9 nitrogen and oxygen atoms in total. The normalized spacial score (nSPS) is 22.6. The van der Waals surface area contributed by atoms with Crippen molar-refractivity contribution in [2.45, 2.75) is 64.0 Å². The molecule has 0 radical (unpaired) electrons. The molecular formula is C24H32N4O5. The lowest BCUT2D eigenvalue weighted by atomic mass is 9.89. The van der Waals surface area contributed by atoms with Crippen molar-refractivity contribution in [3.8, 4) is 0 Å². The van der Waals surface area contributed by atoms with E-state index < -0.39 is 17.6 Å². The molecule has 1 aromatic carbocycles. The summed E-state index contributed by atoms with van der Waals surface area (Å²) in [5.41, 5.74) is 1.49. The predicted molar refractivity (Wildman–Crippen MR) is 122 cm³/mol. The summed E-state index contributed by atoms with van der Waals surface area (Å²) in [5, 5.41) is 2.32. The van der Waals surface area contributed by atoms with Crippen molar-refractivity contribution in [2.24, 2.45) is 0 Å². The summed E-state index contributed by atoms with van der Waals surface area (Å²) in [4.78, 5) is 53.8. The van der Waals surface area contributed by atoms with E-state index in [4.69, 9.17) is 4.74 Å². The number of anilines is 1. The summed E-state index contributed by atoms with van der Waals surface area (Å²) in [7, 11) is 0. The lowest BCUT2D eigenvalue weighted by Gasteiger charge is -2.33. The van der Waals surface area contributed by atoms with Crippen molar-refractivity contribution in [3.63, 3.8) is 0 Å². The standard InChI is InChI=1S/C24H32N4O5/c1-24(2,3)33-23(32)26-12-10-17(11-13-26)16-4-6-18(7-5-16)27-14-15-28(22(27)31)19-8-9-20(29)25-21(19)30/h4-7,17,19H,8-15H2,1-3H3,(H,25,29,30). The number of nitrogens with one attached hydrogen (secondary N) is 1. The van der Waals surface area contributed by atoms with Gasteiger partial charge in [0, 0.05) is 38.3 Å². The van der Waals surface area contributed by atoms with Crippen LogP contribution >= 0.6 is 0 Å². The Kier molecular flexibility index (Phi) is 6.32. The van der Waals surface area contributed by atoms with Crippen LogP contribution in [0.1, 0.15) is 57.9 Å². The summed E-state index contributed by atoms with van der Waals surface area (Å²) in [6.07, 6.45) is 2.09. The van der Waals surface area contributed by atoms with Crippen LogP contribution in [0.3, 0.4) is 0 Å². The van der Waals surface area contributed by atoms with Gasteiger partial charge >= 0.3 is 12.1 Å². The van der Waals surface area contributed by atoms with Gasteiger partial charge in [0.1, 0.15) is 11.6 Å². The molecule has 3 saturated heterocycles. The molecule has 0 aromatic heterocycles. The van der Waals surface area contributed by atoms with Crippen molar-refractivity contribution in [3.05, 3.63) is 29.8 Å². The molecule has 3 aliphatic rings. The molecule has 3 heterocycles. The number of imide groups is 1. The molecule has 0 saturated carbocycles. The molecule has 1 unspecified atom stereocenters. The largest absolute Gasteiger partial charge is 0.444 e. The van der Waals surface area contributed by atoms with Gasteiger partial charge in [-0.25, -0.2) is 9.59 Å². The number of amides is 5. The molecule has 1 atom stereocenters. The van der Waals surface area contributed by atoms with E-state index in [1.807, 2.05) is 45.0 Å². The number of carbonyl (C=O) groups excluding carboxylic acids is 4. The highest BCUT2D eigenvalue weighted by molar-refractivity contribution is 6.03. The van der Waals surface area contributed by atoms with E-state index in [1.165, 1.54) is 5.56 Å². The fraction of sp³-hybridized carbons (Fsp3) is 0.583. The first-order chi connectivity index (χ1) is 15.6. The third-order valence-corrected chi connectivity index (χ3v) is 6.45. The smallest absolute Gasteiger partial charge is 0.410 e. The molecule has 5 amide bonds. The van der Waals surface area contributed by atoms with Gasteiger partial charge in [-0.1, -0.05) is 12.1 Å². The maximum atomic E-state index is 13.0. The van der Waals surface area contributed by atoms with Gasteiger partial charge in [-0.2, -0.15) is 0 Å². The quantitative estimate of drug-likeness (QED) is 0.705. The molecular weight excluding hydrogens is 424 g/mol. The SMILES string of the molecule is CC(C)(C)OC(=O)N1CCC(c2ccc(N3CCN(C4CCC(=O)NC4=O)C3=O)cc2)CC1. The van der Waals surface area contributed by atoms with Crippen LogP contribution in [0.2, 0.25) is 0 Å². The number of urea groups is 1. The molecule has 0 bridgehead atoms. The lowest BCUT2D eigenvalue weighted by molar-refractivity contribution is -0.136. The third kappa shape index (κ3) is 5.12. The second-order valence-corrected chi connectivity index (χ2v) is 9.93. The monoisotopic (exact) mass is 456 g/mol. The second-order valence-electron chi connectivity index (χ2n) is 9.93. The zero-order chi connectivity index (χ0) is 23.8. The Morgan fingerprint density at radius 1 is 0.970 bits per heavy atom. The minimum absolute atomic E-state index is 0.206. The summed E-state index contributed by atoms with van der Waals surface area (Å²) in [6.45, 7) is 7.89. The fourth-order valence-electron chi connectivity index (χ4n) is 4.71. The van der Waals surface area contributed by atoms with Gasteiger partial charge in [-0.15, -0.1) is 0 Å². The molecule has 1 aromatic rings. The molecule has 1 N–H and O–H groups in total. The Morgan fingerprint density at radius 2 is 1.64 bits per heavy atom. The minimum atomic E-state index is -0.588. The highest BCUT2D eigenvalue weighted by Crippen LogP contribution is 2.31. The van der Waals surface area contributed by atoms with E-state index in [2.05, 4.69) is 5.32 Å². The van der Waals surface area contributed by atoms with Gasteiger partial charge in [-0.05, 0) is 63.6 Å². The van der Waals surface area contributed by atoms with E-state index in [-0.39, 0.29) is 24.5 Å². The zero-order valence-corrected chi connectivity index (χ0v) is 19.5. The van der Waals surface area contributed by atoms with Gasteiger partial charge in [0.2, 0.25) is 11.8 Å². The number of hydrogen-bond donors (Lipinski definition) is 1. The molecule has 9 heteroatoms. The molecule has 178 valence electrons. The summed E-state index contributed by atoms with van der Waals surface area (Å²) in [5.74, 6) is -0.325. The van der Waals surface area contributed by atoms with Crippen molar-refractivity contribution in [2.75, 3.05) is 31.1 Å². The van der Waals surface area contributed by atoms with Crippen LogP contribution in [0.5, 0.6) is 0 Å². The number of ether oxygens (including phenoxy) is 1. The van der Waals surface area contributed by atoms with Gasteiger partial charge in [0.15, 0.2) is 0 Å². The number of likely N-dealkylation sites (tertiary alicyclic amines) is 1. The summed E-state index contributed by atoms with van der Waals surface area (Å²) in [6, 6.07) is 7.19. The first-order valence-electron chi connectivity index (χ1n) is 11.6. The van der Waals surface area contributed by atoms with E-state index in [0.29, 0.717) is 38.5 Å². The molecule has 0 spiro atoms. The van der Waals surface area contributed by atoms with E-state index in [0.717, 1.165) is 18.5 Å². The third-order valence-electron chi connectivity index (χ3n) is 6.45. The number of hydrogen-bond acceptors (Lipinski definition) is 5. The van der Waals surface area contributed by atoms with E-state index in [9.17, 15) is 19.2 Å². The highest BCUT2D eigenvalue weighted by Gasteiger charge is 2.40. The van der Waals surface area contributed by atoms with Crippen LogP contribution in [-0.2, 0) is 14.3 Å². The number of nitrogens with zero attached hydrogens (tertiary/aromatic N) is 3. The van der Waals surface area contributed by atoms with Crippen molar-refractivity contribution in [1.29, 1.82) is 0 Å². The lowest BCUT2D eigenvalue weighted by Crippen LogP contribution is -2.53. The van der Waals surface area contributed by atoms with E-state index >= 15 is 0 Å². The Hall–Kier alpha value is -3.10. The van der Waals surface area contributed by atoms with Gasteiger partial charge < -0.3 is 14.5 Å².